The van der Waals surface area contributed by atoms with Gasteiger partial charge in [-0.15, -0.1) is 0 Å². The van der Waals surface area contributed by atoms with E-state index in [2.05, 4.69) is 0 Å². The number of hydrogen-bond acceptors (Lipinski definition) is 3. The first-order chi connectivity index (χ1) is 6.56. The fourth-order valence-electron chi connectivity index (χ4n) is 1.11. The maximum atomic E-state index is 10.3. The zero-order chi connectivity index (χ0) is 11.0. The standard InChI is InChI=1S/C10H20O4/c1-4-13-7-9(3)14-8(2)5-6-10(11)12/h8-9H,4-7H2,1-3H3,(H,11,12). The summed E-state index contributed by atoms with van der Waals surface area (Å²) in [6.45, 7) is 6.98. The number of hydrogen-bond donors (Lipinski definition) is 1. The van der Waals surface area contributed by atoms with Crippen LogP contribution in [0.2, 0.25) is 0 Å². The van der Waals surface area contributed by atoms with Crippen molar-refractivity contribution in [3.63, 3.8) is 0 Å². The van der Waals surface area contributed by atoms with Crippen LogP contribution in [0.1, 0.15) is 33.6 Å². The molecule has 2 unspecified atom stereocenters. The molecule has 0 amide bonds. The largest absolute Gasteiger partial charge is 0.481 e. The summed E-state index contributed by atoms with van der Waals surface area (Å²) in [5.41, 5.74) is 0. The zero-order valence-electron chi connectivity index (χ0n) is 9.16. The number of aliphatic carboxylic acids is 1. The van der Waals surface area contributed by atoms with E-state index in [-0.39, 0.29) is 18.6 Å². The van der Waals surface area contributed by atoms with Gasteiger partial charge in [-0.2, -0.15) is 0 Å². The van der Waals surface area contributed by atoms with Gasteiger partial charge in [0, 0.05) is 13.0 Å². The Morgan fingerprint density at radius 1 is 1.36 bits per heavy atom. The number of carboxylic acids is 1. The Morgan fingerprint density at radius 2 is 2.00 bits per heavy atom. The first kappa shape index (κ1) is 13.4. The zero-order valence-corrected chi connectivity index (χ0v) is 9.16. The van der Waals surface area contributed by atoms with E-state index >= 15 is 0 Å². The Labute approximate surface area is 85.2 Å². The summed E-state index contributed by atoms with van der Waals surface area (Å²) in [7, 11) is 0. The van der Waals surface area contributed by atoms with Gasteiger partial charge >= 0.3 is 5.97 Å². The minimum Gasteiger partial charge on any atom is -0.481 e. The van der Waals surface area contributed by atoms with Crippen molar-refractivity contribution in [1.29, 1.82) is 0 Å². The monoisotopic (exact) mass is 204 g/mol. The third-order valence-electron chi connectivity index (χ3n) is 1.79. The highest BCUT2D eigenvalue weighted by Gasteiger charge is 2.10. The Hall–Kier alpha value is -0.610. The second-order valence-corrected chi connectivity index (χ2v) is 3.35. The van der Waals surface area contributed by atoms with E-state index in [0.717, 1.165) is 0 Å². The highest BCUT2D eigenvalue weighted by Crippen LogP contribution is 2.05. The summed E-state index contributed by atoms with van der Waals surface area (Å²) in [6, 6.07) is 0. The minimum atomic E-state index is -0.780. The molecule has 0 heterocycles. The normalized spacial score (nSPS) is 15.1. The van der Waals surface area contributed by atoms with Gasteiger partial charge in [0.25, 0.3) is 0 Å². The summed E-state index contributed by atoms with van der Waals surface area (Å²) < 4.78 is 10.7. The van der Waals surface area contributed by atoms with Crippen LogP contribution in [0.5, 0.6) is 0 Å². The second kappa shape index (κ2) is 7.76. The van der Waals surface area contributed by atoms with E-state index in [0.29, 0.717) is 19.6 Å². The Kier molecular flexibility index (Phi) is 7.42. The molecule has 0 aromatic heterocycles. The molecule has 0 radical (unpaired) electrons. The lowest BCUT2D eigenvalue weighted by Gasteiger charge is -2.18. The van der Waals surface area contributed by atoms with Gasteiger partial charge in [-0.25, -0.2) is 0 Å². The molecule has 84 valence electrons. The summed E-state index contributed by atoms with van der Waals surface area (Å²) in [4.78, 5) is 10.3. The van der Waals surface area contributed by atoms with Crippen molar-refractivity contribution in [3.05, 3.63) is 0 Å². The van der Waals surface area contributed by atoms with Crippen molar-refractivity contribution in [2.24, 2.45) is 0 Å². The van der Waals surface area contributed by atoms with Crippen LogP contribution < -0.4 is 0 Å². The third-order valence-corrected chi connectivity index (χ3v) is 1.79. The summed E-state index contributed by atoms with van der Waals surface area (Å²) in [6.07, 6.45) is 0.703. The molecule has 0 spiro atoms. The molecule has 0 bridgehead atoms. The molecule has 14 heavy (non-hydrogen) atoms. The molecule has 4 heteroatoms. The predicted molar refractivity (Wildman–Crippen MR) is 53.4 cm³/mol. The Bertz CT molecular complexity index is 158. The molecular weight excluding hydrogens is 184 g/mol. The molecule has 0 saturated heterocycles. The van der Waals surface area contributed by atoms with Crippen LogP contribution in [0.15, 0.2) is 0 Å². The number of carboxylic acid groups (broad SMARTS) is 1. The van der Waals surface area contributed by atoms with Gasteiger partial charge in [0.2, 0.25) is 0 Å². The molecule has 1 N–H and O–H groups in total. The third kappa shape index (κ3) is 8.01. The molecule has 2 atom stereocenters. The van der Waals surface area contributed by atoms with E-state index in [1.807, 2.05) is 20.8 Å². The minimum absolute atomic E-state index is 0.0263. The van der Waals surface area contributed by atoms with Crippen LogP contribution in [0, 0.1) is 0 Å². The van der Waals surface area contributed by atoms with E-state index in [9.17, 15) is 4.79 Å². The highest BCUT2D eigenvalue weighted by atomic mass is 16.5. The molecule has 0 aliphatic rings. The van der Waals surface area contributed by atoms with Gasteiger partial charge < -0.3 is 14.6 Å². The summed E-state index contributed by atoms with van der Waals surface area (Å²) >= 11 is 0. The van der Waals surface area contributed by atoms with Gasteiger partial charge in [-0.1, -0.05) is 0 Å². The van der Waals surface area contributed by atoms with E-state index in [1.54, 1.807) is 0 Å². The fourth-order valence-corrected chi connectivity index (χ4v) is 1.11. The van der Waals surface area contributed by atoms with Crippen LogP contribution in [0.4, 0.5) is 0 Å². The first-order valence-electron chi connectivity index (χ1n) is 5.01. The van der Waals surface area contributed by atoms with Crippen molar-refractivity contribution in [1.82, 2.24) is 0 Å². The predicted octanol–water partition coefficient (Wildman–Crippen LogP) is 1.68. The van der Waals surface area contributed by atoms with E-state index in [1.165, 1.54) is 0 Å². The van der Waals surface area contributed by atoms with Crippen LogP contribution in [-0.4, -0.2) is 36.5 Å². The summed E-state index contributed by atoms with van der Waals surface area (Å²) in [5, 5.41) is 8.46. The Morgan fingerprint density at radius 3 is 2.50 bits per heavy atom. The quantitative estimate of drug-likeness (QED) is 0.653. The van der Waals surface area contributed by atoms with E-state index < -0.39 is 5.97 Å². The van der Waals surface area contributed by atoms with Crippen LogP contribution >= 0.6 is 0 Å². The molecule has 4 nitrogen and oxygen atoms in total. The molecule has 0 rings (SSSR count). The lowest BCUT2D eigenvalue weighted by atomic mass is 10.2. The SMILES string of the molecule is CCOCC(C)OC(C)CCC(=O)O. The maximum Gasteiger partial charge on any atom is 0.303 e. The van der Waals surface area contributed by atoms with Crippen molar-refractivity contribution < 1.29 is 19.4 Å². The number of carbonyl (C=O) groups is 1. The molecule has 0 aromatic carbocycles. The van der Waals surface area contributed by atoms with Crippen molar-refractivity contribution in [2.75, 3.05) is 13.2 Å². The number of ether oxygens (including phenoxy) is 2. The van der Waals surface area contributed by atoms with E-state index in [4.69, 9.17) is 14.6 Å². The first-order valence-corrected chi connectivity index (χ1v) is 5.01. The molecular formula is C10H20O4. The van der Waals surface area contributed by atoms with Gasteiger partial charge in [0.05, 0.1) is 18.8 Å². The molecule has 0 saturated carbocycles. The lowest BCUT2D eigenvalue weighted by Crippen LogP contribution is -2.22. The van der Waals surface area contributed by atoms with Crippen molar-refractivity contribution in [3.8, 4) is 0 Å². The second-order valence-electron chi connectivity index (χ2n) is 3.35. The van der Waals surface area contributed by atoms with Crippen LogP contribution in [0.25, 0.3) is 0 Å². The van der Waals surface area contributed by atoms with Gasteiger partial charge in [0.15, 0.2) is 0 Å². The van der Waals surface area contributed by atoms with Crippen molar-refractivity contribution >= 4 is 5.97 Å². The average molecular weight is 204 g/mol. The fraction of sp³-hybridized carbons (Fsp3) is 0.900. The Balaban J connectivity index is 3.49. The van der Waals surface area contributed by atoms with Crippen molar-refractivity contribution in [2.45, 2.75) is 45.8 Å². The lowest BCUT2D eigenvalue weighted by molar-refractivity contribution is -0.138. The topological polar surface area (TPSA) is 55.8 Å². The maximum absolute atomic E-state index is 10.3. The molecule has 0 aromatic rings. The molecule has 0 aliphatic heterocycles. The average Bonchev–Trinajstić information content (AvgIpc) is 2.11. The van der Waals surface area contributed by atoms with Gasteiger partial charge in [-0.3, -0.25) is 4.79 Å². The molecule has 0 aliphatic carbocycles. The van der Waals surface area contributed by atoms with Crippen LogP contribution in [0.3, 0.4) is 0 Å². The highest BCUT2D eigenvalue weighted by molar-refractivity contribution is 5.66. The smallest absolute Gasteiger partial charge is 0.303 e. The van der Waals surface area contributed by atoms with Gasteiger partial charge in [-0.05, 0) is 27.2 Å². The van der Waals surface area contributed by atoms with Crippen LogP contribution in [-0.2, 0) is 14.3 Å². The number of rotatable bonds is 8. The molecule has 0 fully saturated rings. The summed E-state index contributed by atoms with van der Waals surface area (Å²) in [5.74, 6) is -0.780. The van der Waals surface area contributed by atoms with Gasteiger partial charge in [0.1, 0.15) is 0 Å².